The van der Waals surface area contributed by atoms with Gasteiger partial charge < -0.3 is 10.2 Å². The molecule has 0 bridgehead atoms. The Morgan fingerprint density at radius 2 is 1.97 bits per heavy atom. The number of anilines is 1. The number of rotatable bonds is 5. The first kappa shape index (κ1) is 18.8. The van der Waals surface area contributed by atoms with Crippen LogP contribution in [-0.2, 0) is 16.2 Å². The van der Waals surface area contributed by atoms with Crippen LogP contribution in [-0.4, -0.2) is 27.5 Å². The first-order chi connectivity index (χ1) is 14.0. The lowest BCUT2D eigenvalue weighted by atomic mass is 10.0. The lowest BCUT2D eigenvalue weighted by Gasteiger charge is -2.08. The largest absolute Gasteiger partial charge is 0.382 e. The van der Waals surface area contributed by atoms with Crippen molar-refractivity contribution < 1.29 is 18.4 Å². The molecule has 148 valence electrons. The topological polar surface area (TPSA) is 68.5 Å². The smallest absolute Gasteiger partial charge is 0.269 e. The van der Waals surface area contributed by atoms with Gasteiger partial charge in [0.15, 0.2) is 5.82 Å². The number of halogens is 2. The second kappa shape index (κ2) is 7.83. The monoisotopic (exact) mass is 396 g/mol. The molecule has 0 aliphatic carbocycles. The molecule has 0 fully saturated rings. The van der Waals surface area contributed by atoms with Gasteiger partial charge in [-0.05, 0) is 30.7 Å². The quantitative estimate of drug-likeness (QED) is 0.716. The summed E-state index contributed by atoms with van der Waals surface area (Å²) in [5.74, 6) is -0.689. The Balaban J connectivity index is 1.39. The summed E-state index contributed by atoms with van der Waals surface area (Å²) in [5.41, 5.74) is 2.56. The fourth-order valence-corrected chi connectivity index (χ4v) is 3.06. The number of aryl methyl sites for hydroxylation is 1. The third-order valence-corrected chi connectivity index (χ3v) is 4.65. The predicted molar refractivity (Wildman–Crippen MR) is 104 cm³/mol. The van der Waals surface area contributed by atoms with Crippen LogP contribution in [0.25, 0.3) is 0 Å². The SMILES string of the molecule is Cc1cc(NC(=O)C2CC(c3ccc(F)cc3)=NO2)nn1Cc1ccccc1F. The highest BCUT2D eigenvalue weighted by Gasteiger charge is 2.29. The van der Waals surface area contributed by atoms with Gasteiger partial charge in [-0.1, -0.05) is 35.5 Å². The van der Waals surface area contributed by atoms with Crippen molar-refractivity contribution in [3.05, 3.63) is 83.1 Å². The Morgan fingerprint density at radius 3 is 2.72 bits per heavy atom. The van der Waals surface area contributed by atoms with Gasteiger partial charge in [0.1, 0.15) is 11.6 Å². The summed E-state index contributed by atoms with van der Waals surface area (Å²) in [4.78, 5) is 17.7. The van der Waals surface area contributed by atoms with Crippen molar-refractivity contribution in [3.8, 4) is 0 Å². The van der Waals surface area contributed by atoms with Crippen LogP contribution in [0.3, 0.4) is 0 Å². The number of oxime groups is 1. The van der Waals surface area contributed by atoms with Gasteiger partial charge in [0.2, 0.25) is 6.10 Å². The minimum absolute atomic E-state index is 0.256. The van der Waals surface area contributed by atoms with Gasteiger partial charge in [0.05, 0.1) is 12.3 Å². The molecule has 0 radical (unpaired) electrons. The summed E-state index contributed by atoms with van der Waals surface area (Å²) in [5, 5.41) is 11.0. The fraction of sp³-hybridized carbons (Fsp3) is 0.190. The molecule has 4 rings (SSSR count). The van der Waals surface area contributed by atoms with Crippen LogP contribution in [0.2, 0.25) is 0 Å². The van der Waals surface area contributed by atoms with E-state index >= 15 is 0 Å². The van der Waals surface area contributed by atoms with Crippen molar-refractivity contribution >= 4 is 17.4 Å². The van der Waals surface area contributed by atoms with E-state index in [4.69, 9.17) is 4.84 Å². The van der Waals surface area contributed by atoms with E-state index in [1.807, 2.05) is 6.92 Å². The highest BCUT2D eigenvalue weighted by molar-refractivity contribution is 6.05. The molecule has 8 heteroatoms. The van der Waals surface area contributed by atoms with E-state index in [0.29, 0.717) is 22.7 Å². The molecule has 1 aliphatic heterocycles. The van der Waals surface area contributed by atoms with Crippen molar-refractivity contribution in [1.82, 2.24) is 9.78 Å². The maximum Gasteiger partial charge on any atom is 0.269 e. The summed E-state index contributed by atoms with van der Waals surface area (Å²) in [7, 11) is 0. The first-order valence-corrected chi connectivity index (χ1v) is 9.07. The number of nitrogens with zero attached hydrogens (tertiary/aromatic N) is 3. The van der Waals surface area contributed by atoms with Crippen LogP contribution >= 0.6 is 0 Å². The average molecular weight is 396 g/mol. The first-order valence-electron chi connectivity index (χ1n) is 9.07. The van der Waals surface area contributed by atoms with Crippen molar-refractivity contribution in [3.63, 3.8) is 0 Å². The Bertz CT molecular complexity index is 1080. The molecule has 1 N–H and O–H groups in total. The van der Waals surface area contributed by atoms with E-state index in [1.54, 1.807) is 41.1 Å². The molecule has 2 heterocycles. The third kappa shape index (κ3) is 4.16. The van der Waals surface area contributed by atoms with Gasteiger partial charge in [0, 0.05) is 23.7 Å². The highest BCUT2D eigenvalue weighted by atomic mass is 19.1. The van der Waals surface area contributed by atoms with Crippen molar-refractivity contribution in [2.75, 3.05) is 5.32 Å². The normalized spacial score (nSPS) is 15.7. The third-order valence-electron chi connectivity index (χ3n) is 4.65. The molecular formula is C21H18F2N4O2. The molecule has 1 aliphatic rings. The number of carbonyl (C=O) groups is 1. The number of benzene rings is 2. The summed E-state index contributed by atoms with van der Waals surface area (Å²) in [6, 6.07) is 14.0. The van der Waals surface area contributed by atoms with Crippen LogP contribution in [0.5, 0.6) is 0 Å². The van der Waals surface area contributed by atoms with Crippen molar-refractivity contribution in [1.29, 1.82) is 0 Å². The standard InChI is InChI=1S/C21H18F2N4O2/c1-13-10-20(25-27(13)12-15-4-2-3-5-17(15)23)24-21(28)19-11-18(26-29-19)14-6-8-16(22)9-7-14/h2-10,19H,11-12H2,1H3,(H,24,25,28). The van der Waals surface area contributed by atoms with Gasteiger partial charge in [-0.15, -0.1) is 0 Å². The van der Waals surface area contributed by atoms with E-state index in [1.165, 1.54) is 18.2 Å². The minimum Gasteiger partial charge on any atom is -0.382 e. The van der Waals surface area contributed by atoms with E-state index < -0.39 is 6.10 Å². The maximum absolute atomic E-state index is 13.9. The van der Waals surface area contributed by atoms with Crippen LogP contribution in [0, 0.1) is 18.6 Å². The van der Waals surface area contributed by atoms with E-state index in [2.05, 4.69) is 15.6 Å². The molecule has 6 nitrogen and oxygen atoms in total. The number of nitrogens with one attached hydrogen (secondary N) is 1. The van der Waals surface area contributed by atoms with Crippen LogP contribution in [0.1, 0.15) is 23.2 Å². The summed E-state index contributed by atoms with van der Waals surface area (Å²) >= 11 is 0. The average Bonchev–Trinajstić information content (AvgIpc) is 3.32. The van der Waals surface area contributed by atoms with E-state index in [9.17, 15) is 13.6 Å². The Hall–Kier alpha value is -3.55. The zero-order chi connectivity index (χ0) is 20.4. The molecule has 2 aromatic carbocycles. The predicted octanol–water partition coefficient (Wildman–Crippen LogP) is 3.65. The number of carbonyl (C=O) groups excluding carboxylic acids is 1. The fourth-order valence-electron chi connectivity index (χ4n) is 3.06. The van der Waals surface area contributed by atoms with E-state index in [0.717, 1.165) is 5.69 Å². The van der Waals surface area contributed by atoms with Gasteiger partial charge in [-0.2, -0.15) is 5.10 Å². The molecule has 3 aromatic rings. The lowest BCUT2D eigenvalue weighted by Crippen LogP contribution is -2.28. The molecule has 0 saturated heterocycles. The molecule has 0 spiro atoms. The number of hydrogen-bond donors (Lipinski definition) is 1. The molecule has 29 heavy (non-hydrogen) atoms. The van der Waals surface area contributed by atoms with Crippen LogP contribution in [0.4, 0.5) is 14.6 Å². The van der Waals surface area contributed by atoms with E-state index in [-0.39, 0.29) is 30.5 Å². The number of amides is 1. The van der Waals surface area contributed by atoms with Crippen molar-refractivity contribution in [2.24, 2.45) is 5.16 Å². The highest BCUT2D eigenvalue weighted by Crippen LogP contribution is 2.19. The summed E-state index contributed by atoms with van der Waals surface area (Å²) in [6.07, 6.45) is -0.529. The molecular weight excluding hydrogens is 378 g/mol. The minimum atomic E-state index is -0.799. The molecule has 1 unspecified atom stereocenters. The van der Waals surface area contributed by atoms with Gasteiger partial charge in [-0.25, -0.2) is 8.78 Å². The molecule has 1 aromatic heterocycles. The van der Waals surface area contributed by atoms with Crippen molar-refractivity contribution in [2.45, 2.75) is 26.0 Å². The Labute approximate surface area is 165 Å². The second-order valence-electron chi connectivity index (χ2n) is 6.75. The second-order valence-corrected chi connectivity index (χ2v) is 6.75. The Kier molecular flexibility index (Phi) is 5.07. The summed E-state index contributed by atoms with van der Waals surface area (Å²) < 4.78 is 28.5. The molecule has 0 saturated carbocycles. The Morgan fingerprint density at radius 1 is 1.21 bits per heavy atom. The van der Waals surface area contributed by atoms with Gasteiger partial charge in [0.25, 0.3) is 5.91 Å². The maximum atomic E-state index is 13.9. The number of aromatic nitrogens is 2. The van der Waals surface area contributed by atoms with Crippen LogP contribution < -0.4 is 5.32 Å². The van der Waals surface area contributed by atoms with Crippen LogP contribution in [0.15, 0.2) is 59.8 Å². The zero-order valence-electron chi connectivity index (χ0n) is 15.6. The number of hydrogen-bond acceptors (Lipinski definition) is 4. The summed E-state index contributed by atoms with van der Waals surface area (Å²) in [6.45, 7) is 2.08. The van der Waals surface area contributed by atoms with Gasteiger partial charge >= 0.3 is 0 Å². The molecule has 1 atom stereocenters. The lowest BCUT2D eigenvalue weighted by molar-refractivity contribution is -0.125. The molecule has 1 amide bonds. The van der Waals surface area contributed by atoms with Gasteiger partial charge in [-0.3, -0.25) is 9.48 Å². The zero-order valence-corrected chi connectivity index (χ0v) is 15.6.